The largest absolute Gasteiger partial charge is 0.505 e. The maximum atomic E-state index is 10.6. The number of anilines is 1. The molecule has 3 aromatic rings. The molecular formula is C19H19N3O. The van der Waals surface area contributed by atoms with Crippen LogP contribution in [0.1, 0.15) is 16.7 Å². The molecule has 0 amide bonds. The Hall–Kier alpha value is -2.88. The number of nitrogens with two attached hydrogens (primary N) is 1. The first-order chi connectivity index (χ1) is 11.0. The van der Waals surface area contributed by atoms with E-state index in [-0.39, 0.29) is 5.75 Å². The molecule has 0 atom stereocenters. The molecule has 0 heterocycles. The van der Waals surface area contributed by atoms with Gasteiger partial charge in [0.2, 0.25) is 0 Å². The fourth-order valence-corrected chi connectivity index (χ4v) is 2.63. The second-order valence-electron chi connectivity index (χ2n) is 5.82. The Kier molecular flexibility index (Phi) is 3.74. The zero-order valence-corrected chi connectivity index (χ0v) is 13.5. The summed E-state index contributed by atoms with van der Waals surface area (Å²) in [6.45, 7) is 5.92. The van der Waals surface area contributed by atoms with Crippen molar-refractivity contribution in [1.29, 1.82) is 0 Å². The Morgan fingerprint density at radius 1 is 0.870 bits per heavy atom. The average molecular weight is 305 g/mol. The van der Waals surface area contributed by atoms with Crippen molar-refractivity contribution in [2.24, 2.45) is 10.2 Å². The number of nitrogens with zero attached hydrogens (tertiary/aromatic N) is 2. The molecule has 3 aromatic carbocycles. The number of hydrogen-bond donors (Lipinski definition) is 2. The number of azo groups is 1. The Morgan fingerprint density at radius 3 is 2.26 bits per heavy atom. The summed E-state index contributed by atoms with van der Waals surface area (Å²) in [6.07, 6.45) is 0. The minimum absolute atomic E-state index is 0.0806. The molecule has 4 heteroatoms. The summed E-state index contributed by atoms with van der Waals surface area (Å²) in [5, 5.41) is 20.7. The van der Waals surface area contributed by atoms with Gasteiger partial charge in [-0.05, 0) is 61.5 Å². The van der Waals surface area contributed by atoms with Crippen molar-refractivity contribution in [3.63, 3.8) is 0 Å². The van der Waals surface area contributed by atoms with Gasteiger partial charge in [-0.25, -0.2) is 0 Å². The van der Waals surface area contributed by atoms with E-state index in [9.17, 15) is 5.11 Å². The van der Waals surface area contributed by atoms with E-state index in [4.69, 9.17) is 5.73 Å². The van der Waals surface area contributed by atoms with Crippen LogP contribution < -0.4 is 5.73 Å². The van der Waals surface area contributed by atoms with Crippen LogP contribution >= 0.6 is 0 Å². The third-order valence-corrected chi connectivity index (χ3v) is 3.99. The van der Waals surface area contributed by atoms with Crippen LogP contribution in [0.15, 0.2) is 52.7 Å². The molecule has 0 spiro atoms. The smallest absolute Gasteiger partial charge is 0.153 e. The van der Waals surface area contributed by atoms with Gasteiger partial charge in [-0.3, -0.25) is 0 Å². The van der Waals surface area contributed by atoms with Gasteiger partial charge >= 0.3 is 0 Å². The van der Waals surface area contributed by atoms with E-state index < -0.39 is 0 Å². The zero-order valence-electron chi connectivity index (χ0n) is 13.5. The first kappa shape index (κ1) is 15.0. The Labute approximate surface area is 135 Å². The topological polar surface area (TPSA) is 71.0 Å². The van der Waals surface area contributed by atoms with E-state index in [1.807, 2.05) is 57.2 Å². The number of aromatic hydroxyl groups is 1. The standard InChI is InChI=1S/C19H19N3O/c1-11-4-7-14(8-5-11)21-22-18-13(3)10-15-12(2)6-9-16(20)17(15)19(18)23/h4-10,23H,20H2,1-3H3. The molecule has 0 unspecified atom stereocenters. The number of phenolic OH excluding ortho intramolecular Hbond substituents is 1. The van der Waals surface area contributed by atoms with Crippen molar-refractivity contribution in [3.8, 4) is 5.75 Å². The number of aryl methyl sites for hydroxylation is 3. The van der Waals surface area contributed by atoms with Crippen molar-refractivity contribution in [1.82, 2.24) is 0 Å². The van der Waals surface area contributed by atoms with Crippen molar-refractivity contribution < 1.29 is 5.11 Å². The quantitative estimate of drug-likeness (QED) is 0.487. The molecule has 3 rings (SSSR count). The molecule has 0 aliphatic heterocycles. The Balaban J connectivity index is 2.14. The highest BCUT2D eigenvalue weighted by Gasteiger charge is 2.13. The van der Waals surface area contributed by atoms with Crippen LogP contribution in [-0.2, 0) is 0 Å². The highest BCUT2D eigenvalue weighted by Crippen LogP contribution is 2.42. The van der Waals surface area contributed by atoms with Gasteiger partial charge in [0.05, 0.1) is 5.69 Å². The predicted molar refractivity (Wildman–Crippen MR) is 94.9 cm³/mol. The molecule has 3 N–H and O–H groups in total. The molecule has 0 aliphatic rings. The molecule has 0 aliphatic carbocycles. The molecule has 23 heavy (non-hydrogen) atoms. The maximum absolute atomic E-state index is 10.6. The lowest BCUT2D eigenvalue weighted by atomic mass is 9.99. The second kappa shape index (κ2) is 5.72. The lowest BCUT2D eigenvalue weighted by Crippen LogP contribution is -1.91. The summed E-state index contributed by atoms with van der Waals surface area (Å²) in [5.74, 6) is 0.0806. The first-order valence-electron chi connectivity index (χ1n) is 7.47. The van der Waals surface area contributed by atoms with Crippen LogP contribution in [0.3, 0.4) is 0 Å². The molecule has 0 radical (unpaired) electrons. The fourth-order valence-electron chi connectivity index (χ4n) is 2.63. The number of rotatable bonds is 2. The number of hydrogen-bond acceptors (Lipinski definition) is 4. The normalized spacial score (nSPS) is 11.4. The van der Waals surface area contributed by atoms with Gasteiger partial charge in [0, 0.05) is 11.1 Å². The third kappa shape index (κ3) is 2.75. The predicted octanol–water partition coefficient (Wildman–Crippen LogP) is 5.47. The molecule has 116 valence electrons. The van der Waals surface area contributed by atoms with Gasteiger partial charge in [-0.2, -0.15) is 5.11 Å². The summed E-state index contributed by atoms with van der Waals surface area (Å²) in [7, 11) is 0. The lowest BCUT2D eigenvalue weighted by Gasteiger charge is -2.11. The van der Waals surface area contributed by atoms with Crippen molar-refractivity contribution in [3.05, 3.63) is 59.2 Å². The molecule has 0 saturated heterocycles. The number of benzene rings is 3. The molecule has 0 bridgehead atoms. The fraction of sp³-hybridized carbons (Fsp3) is 0.158. The van der Waals surface area contributed by atoms with Crippen LogP contribution in [0.4, 0.5) is 17.1 Å². The lowest BCUT2D eigenvalue weighted by molar-refractivity contribution is 0.482. The van der Waals surface area contributed by atoms with Gasteiger partial charge in [-0.15, -0.1) is 5.11 Å². The van der Waals surface area contributed by atoms with E-state index >= 15 is 0 Å². The van der Waals surface area contributed by atoms with Gasteiger partial charge in [0.1, 0.15) is 5.69 Å². The van der Waals surface area contributed by atoms with Crippen LogP contribution in [0.2, 0.25) is 0 Å². The Bertz CT molecular complexity index is 912. The summed E-state index contributed by atoms with van der Waals surface area (Å²) in [4.78, 5) is 0. The number of nitrogen functional groups attached to an aromatic ring is 1. The minimum Gasteiger partial charge on any atom is -0.505 e. The minimum atomic E-state index is 0.0806. The second-order valence-corrected chi connectivity index (χ2v) is 5.82. The molecule has 0 fully saturated rings. The molecule has 4 nitrogen and oxygen atoms in total. The van der Waals surface area contributed by atoms with Gasteiger partial charge in [0.25, 0.3) is 0 Å². The van der Waals surface area contributed by atoms with E-state index in [2.05, 4.69) is 10.2 Å². The van der Waals surface area contributed by atoms with E-state index in [0.29, 0.717) is 16.8 Å². The summed E-state index contributed by atoms with van der Waals surface area (Å²) in [5.41, 5.74) is 10.9. The average Bonchev–Trinajstić information content (AvgIpc) is 2.52. The summed E-state index contributed by atoms with van der Waals surface area (Å²) >= 11 is 0. The van der Waals surface area contributed by atoms with Crippen LogP contribution in [-0.4, -0.2) is 5.11 Å². The van der Waals surface area contributed by atoms with E-state index in [0.717, 1.165) is 27.8 Å². The molecule has 0 aromatic heterocycles. The SMILES string of the molecule is Cc1ccc(N=Nc2c(C)cc3c(C)ccc(N)c3c2O)cc1. The molecular weight excluding hydrogens is 286 g/mol. The maximum Gasteiger partial charge on any atom is 0.153 e. The van der Waals surface area contributed by atoms with Crippen molar-refractivity contribution in [2.45, 2.75) is 20.8 Å². The zero-order chi connectivity index (χ0) is 16.6. The van der Waals surface area contributed by atoms with Gasteiger partial charge in [0.15, 0.2) is 5.75 Å². The Morgan fingerprint density at radius 2 is 1.57 bits per heavy atom. The number of fused-ring (bicyclic) bond motifs is 1. The summed E-state index contributed by atoms with van der Waals surface area (Å²) in [6, 6.07) is 13.5. The van der Waals surface area contributed by atoms with Crippen LogP contribution in [0.5, 0.6) is 5.75 Å². The third-order valence-electron chi connectivity index (χ3n) is 3.99. The van der Waals surface area contributed by atoms with Gasteiger partial charge in [-0.1, -0.05) is 23.8 Å². The van der Waals surface area contributed by atoms with Gasteiger partial charge < -0.3 is 10.8 Å². The van der Waals surface area contributed by atoms with Crippen molar-refractivity contribution in [2.75, 3.05) is 5.73 Å². The van der Waals surface area contributed by atoms with Crippen molar-refractivity contribution >= 4 is 27.8 Å². The highest BCUT2D eigenvalue weighted by molar-refractivity contribution is 6.03. The van der Waals surface area contributed by atoms with Crippen LogP contribution in [0.25, 0.3) is 10.8 Å². The van der Waals surface area contributed by atoms with Crippen LogP contribution in [0, 0.1) is 20.8 Å². The van der Waals surface area contributed by atoms with E-state index in [1.165, 1.54) is 0 Å². The number of phenols is 1. The summed E-state index contributed by atoms with van der Waals surface area (Å²) < 4.78 is 0. The molecule has 0 saturated carbocycles. The van der Waals surface area contributed by atoms with E-state index in [1.54, 1.807) is 6.07 Å². The first-order valence-corrected chi connectivity index (χ1v) is 7.47. The monoisotopic (exact) mass is 305 g/mol. The highest BCUT2D eigenvalue weighted by atomic mass is 16.3.